The number of rotatable bonds is 6. The second kappa shape index (κ2) is 6.76. The first kappa shape index (κ1) is 16.7. The zero-order valence-electron chi connectivity index (χ0n) is 13.4. The summed E-state index contributed by atoms with van der Waals surface area (Å²) in [5.74, 6) is 0.991. The SMILES string of the molecule is COc1cccc(S(=O)(=O)N2CCN(C[C@@H](O)C3CC3)CC2)c1. The van der Waals surface area contributed by atoms with Gasteiger partial charge in [0.2, 0.25) is 10.0 Å². The highest BCUT2D eigenvalue weighted by Gasteiger charge is 2.33. The third-order valence-electron chi connectivity index (χ3n) is 4.62. The first-order valence-electron chi connectivity index (χ1n) is 8.05. The van der Waals surface area contributed by atoms with Crippen molar-refractivity contribution in [2.75, 3.05) is 39.8 Å². The van der Waals surface area contributed by atoms with Gasteiger partial charge in [0.05, 0.1) is 18.1 Å². The fourth-order valence-electron chi connectivity index (χ4n) is 2.96. The molecule has 0 amide bonds. The molecule has 1 saturated heterocycles. The van der Waals surface area contributed by atoms with Crippen LogP contribution in [0.15, 0.2) is 29.2 Å². The standard InChI is InChI=1S/C16H24N2O4S/c1-22-14-3-2-4-15(11-14)23(20,21)18-9-7-17(8-10-18)12-16(19)13-5-6-13/h2-4,11,13,16,19H,5-10,12H2,1H3/t16-/m1/s1. The van der Waals surface area contributed by atoms with Crippen LogP contribution in [-0.2, 0) is 10.0 Å². The van der Waals surface area contributed by atoms with E-state index in [1.165, 1.54) is 11.4 Å². The maximum Gasteiger partial charge on any atom is 0.243 e. The van der Waals surface area contributed by atoms with Crippen molar-refractivity contribution in [3.8, 4) is 5.75 Å². The van der Waals surface area contributed by atoms with Gasteiger partial charge in [0.25, 0.3) is 0 Å². The minimum absolute atomic E-state index is 0.267. The van der Waals surface area contributed by atoms with Crippen LogP contribution in [0.3, 0.4) is 0 Å². The van der Waals surface area contributed by atoms with Crippen LogP contribution in [0.2, 0.25) is 0 Å². The molecule has 1 saturated carbocycles. The molecule has 128 valence electrons. The maximum atomic E-state index is 12.7. The molecular weight excluding hydrogens is 316 g/mol. The summed E-state index contributed by atoms with van der Waals surface area (Å²) in [7, 11) is -1.96. The van der Waals surface area contributed by atoms with Crippen LogP contribution in [0.1, 0.15) is 12.8 Å². The molecule has 23 heavy (non-hydrogen) atoms. The average molecular weight is 340 g/mol. The molecule has 1 aliphatic carbocycles. The van der Waals surface area contributed by atoms with Gasteiger partial charge in [0, 0.05) is 38.8 Å². The summed E-state index contributed by atoms with van der Waals surface area (Å²) >= 11 is 0. The van der Waals surface area contributed by atoms with Gasteiger partial charge in [-0.15, -0.1) is 0 Å². The molecule has 1 aromatic rings. The number of hydrogen-bond acceptors (Lipinski definition) is 5. The molecule has 0 aromatic heterocycles. The van der Waals surface area contributed by atoms with E-state index in [4.69, 9.17) is 4.74 Å². The molecular formula is C16H24N2O4S. The lowest BCUT2D eigenvalue weighted by atomic mass is 10.2. The van der Waals surface area contributed by atoms with Crippen LogP contribution in [0.25, 0.3) is 0 Å². The van der Waals surface area contributed by atoms with Gasteiger partial charge in [-0.3, -0.25) is 4.90 Å². The molecule has 6 nitrogen and oxygen atoms in total. The highest BCUT2D eigenvalue weighted by molar-refractivity contribution is 7.89. The molecule has 2 fully saturated rings. The van der Waals surface area contributed by atoms with Gasteiger partial charge in [0.1, 0.15) is 5.75 Å². The third kappa shape index (κ3) is 3.85. The molecule has 0 spiro atoms. The van der Waals surface area contributed by atoms with Crippen molar-refractivity contribution >= 4 is 10.0 Å². The van der Waals surface area contributed by atoms with Gasteiger partial charge in [-0.25, -0.2) is 8.42 Å². The summed E-state index contributed by atoms with van der Waals surface area (Å²) in [5, 5.41) is 10.0. The zero-order valence-corrected chi connectivity index (χ0v) is 14.2. The van der Waals surface area contributed by atoms with Gasteiger partial charge >= 0.3 is 0 Å². The van der Waals surface area contributed by atoms with Gasteiger partial charge in [-0.05, 0) is 30.9 Å². The van der Waals surface area contributed by atoms with Gasteiger partial charge in [0.15, 0.2) is 0 Å². The number of aliphatic hydroxyl groups excluding tert-OH is 1. The Morgan fingerprint density at radius 1 is 1.26 bits per heavy atom. The zero-order chi connectivity index (χ0) is 16.4. The van der Waals surface area contributed by atoms with Crippen molar-refractivity contribution in [1.29, 1.82) is 0 Å². The Bertz CT molecular complexity index is 637. The fourth-order valence-corrected chi connectivity index (χ4v) is 4.42. The quantitative estimate of drug-likeness (QED) is 0.828. The predicted octanol–water partition coefficient (Wildman–Crippen LogP) is 0.772. The van der Waals surface area contributed by atoms with Crippen molar-refractivity contribution in [1.82, 2.24) is 9.21 Å². The van der Waals surface area contributed by atoms with Crippen molar-refractivity contribution in [2.24, 2.45) is 5.92 Å². The van der Waals surface area contributed by atoms with Gasteiger partial charge < -0.3 is 9.84 Å². The van der Waals surface area contributed by atoms with Crippen LogP contribution >= 0.6 is 0 Å². The van der Waals surface area contributed by atoms with Crippen LogP contribution in [0.5, 0.6) is 5.75 Å². The van der Waals surface area contributed by atoms with E-state index in [-0.39, 0.29) is 11.0 Å². The van der Waals surface area contributed by atoms with E-state index in [2.05, 4.69) is 4.90 Å². The van der Waals surface area contributed by atoms with Gasteiger partial charge in [-0.1, -0.05) is 6.07 Å². The lowest BCUT2D eigenvalue weighted by molar-refractivity contribution is 0.0782. The predicted molar refractivity (Wildman–Crippen MR) is 86.9 cm³/mol. The first-order valence-corrected chi connectivity index (χ1v) is 9.49. The van der Waals surface area contributed by atoms with E-state index in [0.717, 1.165) is 12.8 Å². The number of hydrogen-bond donors (Lipinski definition) is 1. The average Bonchev–Trinajstić information content (AvgIpc) is 3.40. The molecule has 2 aliphatic rings. The van der Waals surface area contributed by atoms with Gasteiger partial charge in [-0.2, -0.15) is 4.31 Å². The summed E-state index contributed by atoms with van der Waals surface area (Å²) in [6.07, 6.45) is 1.97. The number of nitrogens with zero attached hydrogens (tertiary/aromatic N) is 2. The van der Waals surface area contributed by atoms with Crippen molar-refractivity contribution < 1.29 is 18.3 Å². The largest absolute Gasteiger partial charge is 0.497 e. The Kier molecular flexibility index (Phi) is 4.91. The number of methoxy groups -OCH3 is 1. The van der Waals surface area contributed by atoms with E-state index < -0.39 is 10.0 Å². The number of sulfonamides is 1. The van der Waals surface area contributed by atoms with E-state index in [1.807, 2.05) is 0 Å². The lowest BCUT2D eigenvalue weighted by Crippen LogP contribution is -2.50. The maximum absolute atomic E-state index is 12.7. The number of piperazine rings is 1. The number of β-amino-alcohol motifs (C(OH)–C–C–N with tert-alkyl or cyclic N) is 1. The fraction of sp³-hybridized carbons (Fsp3) is 0.625. The Hall–Kier alpha value is -1.15. The Morgan fingerprint density at radius 2 is 1.96 bits per heavy atom. The summed E-state index contributed by atoms with van der Waals surface area (Å²) in [6.45, 7) is 2.88. The Balaban J connectivity index is 1.61. The van der Waals surface area contributed by atoms with Crippen LogP contribution < -0.4 is 4.74 Å². The smallest absolute Gasteiger partial charge is 0.243 e. The molecule has 0 unspecified atom stereocenters. The van der Waals surface area contributed by atoms with E-state index in [1.54, 1.807) is 24.3 Å². The normalized spacial score (nSPS) is 22.0. The highest BCUT2D eigenvalue weighted by Crippen LogP contribution is 2.33. The Morgan fingerprint density at radius 3 is 2.57 bits per heavy atom. The molecule has 3 rings (SSSR count). The topological polar surface area (TPSA) is 70.1 Å². The van der Waals surface area contributed by atoms with Crippen LogP contribution in [-0.4, -0.2) is 68.7 Å². The van der Waals surface area contributed by atoms with Crippen molar-refractivity contribution in [2.45, 2.75) is 23.8 Å². The Labute approximate surface area is 137 Å². The van der Waals surface area contributed by atoms with Crippen molar-refractivity contribution in [3.05, 3.63) is 24.3 Å². The molecule has 7 heteroatoms. The highest BCUT2D eigenvalue weighted by atomic mass is 32.2. The third-order valence-corrected chi connectivity index (χ3v) is 6.52. The van der Waals surface area contributed by atoms with Crippen LogP contribution in [0, 0.1) is 5.92 Å². The molecule has 1 heterocycles. The summed E-state index contributed by atoms with van der Waals surface area (Å²) < 4.78 is 32.0. The molecule has 0 bridgehead atoms. The van der Waals surface area contributed by atoms with E-state index in [9.17, 15) is 13.5 Å². The molecule has 1 aromatic carbocycles. The number of ether oxygens (including phenoxy) is 1. The molecule has 1 aliphatic heterocycles. The van der Waals surface area contributed by atoms with Crippen LogP contribution in [0.4, 0.5) is 0 Å². The molecule has 1 atom stereocenters. The number of benzene rings is 1. The lowest BCUT2D eigenvalue weighted by Gasteiger charge is -2.35. The second-order valence-corrected chi connectivity index (χ2v) is 8.23. The molecule has 0 radical (unpaired) electrons. The summed E-state index contributed by atoms with van der Waals surface area (Å²) in [6, 6.07) is 6.57. The monoisotopic (exact) mass is 340 g/mol. The number of aliphatic hydroxyl groups is 1. The first-order chi connectivity index (χ1) is 11.0. The second-order valence-electron chi connectivity index (χ2n) is 6.29. The minimum Gasteiger partial charge on any atom is -0.497 e. The summed E-state index contributed by atoms with van der Waals surface area (Å²) in [5.41, 5.74) is 0. The van der Waals surface area contributed by atoms with E-state index in [0.29, 0.717) is 44.4 Å². The molecule has 1 N–H and O–H groups in total. The van der Waals surface area contributed by atoms with Crippen molar-refractivity contribution in [3.63, 3.8) is 0 Å². The van der Waals surface area contributed by atoms with E-state index >= 15 is 0 Å². The minimum atomic E-state index is -3.49. The summed E-state index contributed by atoms with van der Waals surface area (Å²) in [4.78, 5) is 2.42.